The maximum Gasteiger partial charge on any atom is 0.237 e. The summed E-state index contributed by atoms with van der Waals surface area (Å²) < 4.78 is 28.2. The number of methoxy groups -OCH3 is 2. The van der Waals surface area contributed by atoms with Crippen LogP contribution in [-0.2, 0) is 22.6 Å². The Morgan fingerprint density at radius 1 is 0.942 bits per heavy atom. The fourth-order valence-electron chi connectivity index (χ4n) is 8.58. The highest BCUT2D eigenvalue weighted by Crippen LogP contribution is 2.47. The third-order valence-electron chi connectivity index (χ3n) is 11.4. The van der Waals surface area contributed by atoms with Crippen LogP contribution in [0.15, 0.2) is 48.7 Å². The molecule has 1 atom stereocenters. The molecule has 0 bridgehead atoms. The van der Waals surface area contributed by atoms with Gasteiger partial charge in [-0.2, -0.15) is 0 Å². The molecule has 3 fully saturated rings. The first-order valence-corrected chi connectivity index (χ1v) is 18.1. The molecule has 1 unspecified atom stereocenters. The van der Waals surface area contributed by atoms with Crippen LogP contribution in [0.1, 0.15) is 54.6 Å². The molecule has 52 heavy (non-hydrogen) atoms. The minimum Gasteiger partial charge on any atom is -0.481 e. The van der Waals surface area contributed by atoms with Crippen LogP contribution in [0, 0.1) is 12.7 Å². The van der Waals surface area contributed by atoms with E-state index in [1.807, 2.05) is 42.2 Å². The molecule has 1 spiro atoms. The largest absolute Gasteiger partial charge is 0.481 e. The average molecular weight is 706 g/mol. The lowest BCUT2D eigenvalue weighted by Gasteiger charge is -2.50. The van der Waals surface area contributed by atoms with Crippen molar-refractivity contribution in [2.45, 2.75) is 57.7 Å². The second-order valence-corrected chi connectivity index (χ2v) is 14.5. The van der Waals surface area contributed by atoms with Gasteiger partial charge >= 0.3 is 0 Å². The number of aromatic nitrogens is 3. The van der Waals surface area contributed by atoms with E-state index >= 15 is 4.39 Å². The number of hydrogen-bond donors (Lipinski definition) is 1. The number of amides is 2. The number of carbonyl (C=O) groups excluding carboxylic acids is 2. The molecule has 1 aliphatic carbocycles. The fraction of sp³-hybridized carbons (Fsp3) is 0.425. The molecule has 0 radical (unpaired) electrons. The van der Waals surface area contributed by atoms with Gasteiger partial charge in [-0.25, -0.2) is 14.4 Å². The van der Waals surface area contributed by atoms with Gasteiger partial charge in [0, 0.05) is 87.5 Å². The summed E-state index contributed by atoms with van der Waals surface area (Å²) in [6.45, 7) is 8.68. The number of benzene rings is 2. The van der Waals surface area contributed by atoms with Crippen molar-refractivity contribution in [1.82, 2.24) is 35.0 Å². The topological polar surface area (TPSA) is 113 Å². The van der Waals surface area contributed by atoms with Gasteiger partial charge in [0.05, 0.1) is 37.3 Å². The summed E-state index contributed by atoms with van der Waals surface area (Å²) in [4.78, 5) is 44.6. The molecule has 2 amide bonds. The number of halogens is 1. The van der Waals surface area contributed by atoms with Crippen molar-refractivity contribution < 1.29 is 23.5 Å². The Kier molecular flexibility index (Phi) is 8.91. The predicted octanol–water partition coefficient (Wildman–Crippen LogP) is 4.95. The van der Waals surface area contributed by atoms with Crippen molar-refractivity contribution in [3.05, 3.63) is 76.9 Å². The maximum atomic E-state index is 16.7. The van der Waals surface area contributed by atoms with Gasteiger partial charge < -0.3 is 19.7 Å². The van der Waals surface area contributed by atoms with Crippen LogP contribution in [0.5, 0.6) is 11.8 Å². The third kappa shape index (κ3) is 6.07. The third-order valence-corrected chi connectivity index (χ3v) is 11.4. The Labute approximate surface area is 303 Å². The number of ether oxygens (including phenoxy) is 2. The molecule has 3 aliphatic heterocycles. The molecule has 3 saturated heterocycles. The van der Waals surface area contributed by atoms with Crippen molar-refractivity contribution in [2.75, 3.05) is 53.5 Å². The van der Waals surface area contributed by atoms with Gasteiger partial charge in [-0.15, -0.1) is 0 Å². The van der Waals surface area contributed by atoms with Crippen molar-refractivity contribution in [3.8, 4) is 45.4 Å². The Morgan fingerprint density at radius 3 is 2.33 bits per heavy atom. The van der Waals surface area contributed by atoms with E-state index in [1.165, 1.54) is 0 Å². The highest BCUT2D eigenvalue weighted by atomic mass is 19.1. The highest BCUT2D eigenvalue weighted by Gasteiger charge is 2.51. The zero-order valence-corrected chi connectivity index (χ0v) is 30.2. The molecule has 8 rings (SSSR count). The van der Waals surface area contributed by atoms with E-state index in [0.717, 1.165) is 79.0 Å². The number of likely N-dealkylation sites (tertiary alicyclic amines) is 1. The lowest BCUT2D eigenvalue weighted by atomic mass is 9.86. The summed E-state index contributed by atoms with van der Waals surface area (Å²) in [6.07, 6.45) is 5.01. The molecule has 2 aromatic heterocycles. The standard InChI is InChI=1S/C40H44FN7O4/c1-24-27(7-5-8-28(24)32-20-42-33(38(44-32)51-3)21-46-15-17-47(18-16-46)25(2)49)29-9-6-10-30(37(29)41)31-19-26-11-12-34(36(26)39(43-31)52-4)48-22-40(23-48)14-13-35(50)45-40/h5-10,19-20,34H,11-18,21-23H2,1-4H3,(H,45,50). The van der Waals surface area contributed by atoms with E-state index in [1.54, 1.807) is 39.5 Å². The molecule has 11 nitrogen and oxygen atoms in total. The van der Waals surface area contributed by atoms with Gasteiger partial charge in [-0.1, -0.05) is 30.3 Å². The van der Waals surface area contributed by atoms with Crippen LogP contribution < -0.4 is 14.8 Å². The average Bonchev–Trinajstić information content (AvgIpc) is 3.75. The van der Waals surface area contributed by atoms with Crippen LogP contribution in [-0.4, -0.2) is 100 Å². The van der Waals surface area contributed by atoms with Crippen molar-refractivity contribution in [1.29, 1.82) is 0 Å². The van der Waals surface area contributed by atoms with Crippen LogP contribution in [0.3, 0.4) is 0 Å². The van der Waals surface area contributed by atoms with Gasteiger partial charge in [0.1, 0.15) is 11.5 Å². The maximum absolute atomic E-state index is 16.7. The second-order valence-electron chi connectivity index (χ2n) is 14.5. The van der Waals surface area contributed by atoms with Crippen LogP contribution in [0.2, 0.25) is 0 Å². The van der Waals surface area contributed by atoms with E-state index in [-0.39, 0.29) is 29.2 Å². The SMILES string of the molecule is COc1nc(-c2cccc(-c3cccc(-c4cc5c(c(OC)n4)C(N4CC6(CCC(=O)N6)C4)CC5)c3F)c2C)cnc1CN1CCN(C(C)=O)CC1. The molecule has 0 saturated carbocycles. The lowest BCUT2D eigenvalue weighted by molar-refractivity contribution is -0.130. The highest BCUT2D eigenvalue weighted by molar-refractivity contribution is 5.81. The molecular formula is C40H44FN7O4. The van der Waals surface area contributed by atoms with Gasteiger partial charge in [-0.05, 0) is 55.0 Å². The number of aryl methyl sites for hydroxylation is 1. The summed E-state index contributed by atoms with van der Waals surface area (Å²) in [5, 5.41) is 3.18. The van der Waals surface area contributed by atoms with Crippen molar-refractivity contribution in [3.63, 3.8) is 0 Å². The molecule has 5 heterocycles. The monoisotopic (exact) mass is 705 g/mol. The van der Waals surface area contributed by atoms with Crippen molar-refractivity contribution >= 4 is 11.8 Å². The lowest BCUT2D eigenvalue weighted by Crippen LogP contribution is -2.67. The zero-order valence-electron chi connectivity index (χ0n) is 30.2. The summed E-state index contributed by atoms with van der Waals surface area (Å²) in [6, 6.07) is 13.4. The van der Waals surface area contributed by atoms with E-state index in [9.17, 15) is 9.59 Å². The van der Waals surface area contributed by atoms with Gasteiger partial charge in [0.25, 0.3) is 0 Å². The normalized spacial score (nSPS) is 19.8. The number of nitrogens with one attached hydrogen (secondary N) is 1. The smallest absolute Gasteiger partial charge is 0.237 e. The van der Waals surface area contributed by atoms with E-state index in [2.05, 4.69) is 15.1 Å². The minimum atomic E-state index is -0.350. The minimum absolute atomic E-state index is 0.0954. The molecule has 4 aliphatic rings. The second kappa shape index (κ2) is 13.6. The first-order chi connectivity index (χ1) is 25.2. The number of pyridine rings is 1. The van der Waals surface area contributed by atoms with E-state index < -0.39 is 0 Å². The quantitative estimate of drug-likeness (QED) is 0.272. The van der Waals surface area contributed by atoms with Gasteiger partial charge in [0.15, 0.2) is 0 Å². The van der Waals surface area contributed by atoms with Gasteiger partial charge in [0.2, 0.25) is 23.6 Å². The zero-order chi connectivity index (χ0) is 36.1. The van der Waals surface area contributed by atoms with Crippen LogP contribution in [0.25, 0.3) is 33.6 Å². The summed E-state index contributed by atoms with van der Waals surface area (Å²) in [5.74, 6) is 0.861. The molecule has 270 valence electrons. The Hall–Kier alpha value is -4.94. The molecule has 4 aromatic rings. The first kappa shape index (κ1) is 34.2. The fourth-order valence-corrected chi connectivity index (χ4v) is 8.58. The summed E-state index contributed by atoms with van der Waals surface area (Å²) >= 11 is 0. The number of fused-ring (bicyclic) bond motifs is 1. The van der Waals surface area contributed by atoms with Gasteiger partial charge in [-0.3, -0.25) is 24.4 Å². The molecule has 2 aromatic carbocycles. The summed E-state index contributed by atoms with van der Waals surface area (Å²) in [7, 11) is 3.22. The summed E-state index contributed by atoms with van der Waals surface area (Å²) in [5.41, 5.74) is 7.36. The van der Waals surface area contributed by atoms with Crippen LogP contribution in [0.4, 0.5) is 4.39 Å². The van der Waals surface area contributed by atoms with Crippen LogP contribution >= 0.6 is 0 Å². The van der Waals surface area contributed by atoms with E-state index in [0.29, 0.717) is 60.3 Å². The Morgan fingerprint density at radius 2 is 1.63 bits per heavy atom. The Balaban J connectivity index is 1.05. The number of piperazine rings is 1. The Bertz CT molecular complexity index is 2060. The number of hydrogen-bond acceptors (Lipinski definition) is 9. The van der Waals surface area contributed by atoms with Crippen molar-refractivity contribution in [2.24, 2.45) is 0 Å². The number of rotatable bonds is 8. The molecule has 1 N–H and O–H groups in total. The number of nitrogens with zero attached hydrogens (tertiary/aromatic N) is 6. The van der Waals surface area contributed by atoms with E-state index in [4.69, 9.17) is 24.4 Å². The molecular weight excluding hydrogens is 661 g/mol. The first-order valence-electron chi connectivity index (χ1n) is 18.1. The molecule has 12 heteroatoms. The predicted molar refractivity (Wildman–Crippen MR) is 194 cm³/mol. The number of carbonyl (C=O) groups is 2.